The lowest BCUT2D eigenvalue weighted by Gasteiger charge is -2.12. The zero-order chi connectivity index (χ0) is 29.3. The molecular weight excluding hydrogens is 504 g/mol. The Hall–Kier alpha value is -2.49. The molecule has 39 heavy (non-hydrogen) atoms. The summed E-state index contributed by atoms with van der Waals surface area (Å²) in [7, 11) is 1.59. The third-order valence-corrected chi connectivity index (χ3v) is 7.03. The molecule has 0 rings (SSSR count). The number of carbonyl (C=O) groups excluding carboxylic acids is 2. The van der Waals surface area contributed by atoms with Gasteiger partial charge in [0.2, 0.25) is 5.91 Å². The number of rotatable bonds is 28. The highest BCUT2D eigenvalue weighted by Gasteiger charge is 2.22. The van der Waals surface area contributed by atoms with E-state index in [1.165, 1.54) is 25.7 Å². The molecule has 10 heteroatoms. The normalized spacial score (nSPS) is 12.5. The van der Waals surface area contributed by atoms with E-state index in [4.69, 9.17) is 10.2 Å². The lowest BCUT2D eigenvalue weighted by atomic mass is 9.94. The molecule has 0 aromatic rings. The van der Waals surface area contributed by atoms with E-state index in [1.807, 2.05) is 0 Å². The first-order chi connectivity index (χ1) is 18.7. The van der Waals surface area contributed by atoms with Crippen molar-refractivity contribution in [3.05, 3.63) is 0 Å². The van der Waals surface area contributed by atoms with Crippen LogP contribution in [-0.4, -0.2) is 64.6 Å². The van der Waals surface area contributed by atoms with E-state index < -0.39 is 29.9 Å². The summed E-state index contributed by atoms with van der Waals surface area (Å²) in [6, 6.07) is -0.606. The molecule has 0 saturated heterocycles. The van der Waals surface area contributed by atoms with Crippen molar-refractivity contribution in [1.29, 1.82) is 0 Å². The number of amides is 1. The Labute approximate surface area is 233 Å². The second kappa shape index (κ2) is 24.5. The number of hydrogen-bond donors (Lipinski definition) is 5. The molecule has 0 radical (unpaired) electrons. The van der Waals surface area contributed by atoms with Crippen LogP contribution in [0.4, 0.5) is 0 Å². The second-order valence-corrected chi connectivity index (χ2v) is 10.5. The van der Waals surface area contributed by atoms with E-state index in [9.17, 15) is 29.1 Å². The van der Waals surface area contributed by atoms with Crippen LogP contribution in [0, 0.1) is 5.92 Å². The molecular formula is C29H52N2O8. The lowest BCUT2D eigenvalue weighted by molar-refractivity contribution is -0.144. The average molecular weight is 557 g/mol. The lowest BCUT2D eigenvalue weighted by Crippen LogP contribution is -2.34. The van der Waals surface area contributed by atoms with Gasteiger partial charge in [0.15, 0.2) is 0 Å². The first-order valence-electron chi connectivity index (χ1n) is 14.8. The SMILES string of the molecule is CN[C@@H](CCCCNC(=O)CC[C@H](CC(=O)CCCCCCCCCCCCCCC(=O)O)C(=O)O)C(=O)O. The number of carboxylic acids is 3. The minimum absolute atomic E-state index is 0.0421. The maximum atomic E-state index is 12.3. The van der Waals surface area contributed by atoms with Gasteiger partial charge in [-0.05, 0) is 45.6 Å². The molecule has 0 aromatic heterocycles. The monoisotopic (exact) mass is 556 g/mol. The van der Waals surface area contributed by atoms with Crippen molar-refractivity contribution < 1.29 is 39.3 Å². The number of likely N-dealkylation sites (N-methyl/N-ethyl adjacent to an activating group) is 1. The van der Waals surface area contributed by atoms with Crippen molar-refractivity contribution in [2.75, 3.05) is 13.6 Å². The largest absolute Gasteiger partial charge is 0.481 e. The van der Waals surface area contributed by atoms with Gasteiger partial charge in [-0.15, -0.1) is 0 Å². The quantitative estimate of drug-likeness (QED) is 0.0838. The predicted molar refractivity (Wildman–Crippen MR) is 150 cm³/mol. The van der Waals surface area contributed by atoms with Crippen molar-refractivity contribution in [2.45, 2.75) is 134 Å². The van der Waals surface area contributed by atoms with Crippen LogP contribution in [0.3, 0.4) is 0 Å². The fourth-order valence-corrected chi connectivity index (χ4v) is 4.54. The van der Waals surface area contributed by atoms with Gasteiger partial charge in [-0.1, -0.05) is 64.2 Å². The van der Waals surface area contributed by atoms with Gasteiger partial charge >= 0.3 is 17.9 Å². The van der Waals surface area contributed by atoms with E-state index in [-0.39, 0.29) is 37.4 Å². The van der Waals surface area contributed by atoms with Gasteiger partial charge in [-0.2, -0.15) is 0 Å². The molecule has 0 bridgehead atoms. The molecule has 0 aliphatic rings. The first kappa shape index (κ1) is 36.5. The Balaban J connectivity index is 3.78. The molecule has 0 unspecified atom stereocenters. The Morgan fingerprint density at radius 3 is 1.56 bits per heavy atom. The second-order valence-electron chi connectivity index (χ2n) is 10.5. The molecule has 5 N–H and O–H groups in total. The van der Waals surface area contributed by atoms with E-state index in [2.05, 4.69) is 10.6 Å². The Morgan fingerprint density at radius 2 is 1.10 bits per heavy atom. The van der Waals surface area contributed by atoms with Crippen LogP contribution in [-0.2, 0) is 24.0 Å². The molecule has 1 amide bonds. The summed E-state index contributed by atoms with van der Waals surface area (Å²) in [5, 5.41) is 32.5. The standard InChI is InChI=1S/C29H52N2O8/c1-30-25(29(38)39)17-14-15-21-31-26(33)20-19-23(28(36)37)22-24(32)16-12-10-8-6-4-2-3-5-7-9-11-13-18-27(34)35/h23,25,30H,2-22H2,1H3,(H,31,33)(H,34,35)(H,36,37)(H,38,39)/t23-,25+/m1/s1. The molecule has 226 valence electrons. The number of hydrogen-bond acceptors (Lipinski definition) is 6. The predicted octanol–water partition coefficient (Wildman–Crippen LogP) is 4.93. The van der Waals surface area contributed by atoms with Crippen LogP contribution in [0.2, 0.25) is 0 Å². The van der Waals surface area contributed by atoms with E-state index in [1.54, 1.807) is 7.05 Å². The summed E-state index contributed by atoms with van der Waals surface area (Å²) in [5.41, 5.74) is 0. The summed E-state index contributed by atoms with van der Waals surface area (Å²) >= 11 is 0. The van der Waals surface area contributed by atoms with Gasteiger partial charge in [0, 0.05) is 32.2 Å². The smallest absolute Gasteiger partial charge is 0.320 e. The number of Topliss-reactive ketones (excluding diaryl/α,β-unsaturated/α-hetero) is 1. The Morgan fingerprint density at radius 1 is 0.590 bits per heavy atom. The Kier molecular flexibility index (Phi) is 23.0. The fraction of sp³-hybridized carbons (Fsp3) is 0.828. The minimum Gasteiger partial charge on any atom is -0.481 e. The fourth-order valence-electron chi connectivity index (χ4n) is 4.54. The first-order valence-corrected chi connectivity index (χ1v) is 14.8. The van der Waals surface area contributed by atoms with Gasteiger partial charge < -0.3 is 26.0 Å². The molecule has 0 aliphatic carbocycles. The number of nitrogens with one attached hydrogen (secondary N) is 2. The maximum Gasteiger partial charge on any atom is 0.320 e. The summed E-state index contributed by atoms with van der Waals surface area (Å²) < 4.78 is 0. The highest BCUT2D eigenvalue weighted by Crippen LogP contribution is 2.17. The van der Waals surface area contributed by atoms with E-state index in [0.717, 1.165) is 51.4 Å². The van der Waals surface area contributed by atoms with Crippen molar-refractivity contribution in [3.63, 3.8) is 0 Å². The Bertz CT molecular complexity index is 713. The van der Waals surface area contributed by atoms with Crippen molar-refractivity contribution >= 4 is 29.6 Å². The molecule has 0 fully saturated rings. The van der Waals surface area contributed by atoms with Crippen molar-refractivity contribution in [3.8, 4) is 0 Å². The van der Waals surface area contributed by atoms with E-state index in [0.29, 0.717) is 32.2 Å². The number of ketones is 1. The topological polar surface area (TPSA) is 170 Å². The summed E-state index contributed by atoms with van der Waals surface area (Å²) in [4.78, 5) is 57.3. The van der Waals surface area contributed by atoms with E-state index >= 15 is 0 Å². The summed E-state index contributed by atoms with van der Waals surface area (Å²) in [5.74, 6) is -3.85. The van der Waals surface area contributed by atoms with Crippen LogP contribution in [0.15, 0.2) is 0 Å². The molecule has 0 aliphatic heterocycles. The third kappa shape index (κ3) is 23.1. The third-order valence-electron chi connectivity index (χ3n) is 7.03. The molecule has 2 atom stereocenters. The van der Waals surface area contributed by atoms with Gasteiger partial charge in [-0.3, -0.25) is 24.0 Å². The van der Waals surface area contributed by atoms with Crippen molar-refractivity contribution in [1.82, 2.24) is 10.6 Å². The van der Waals surface area contributed by atoms with Crippen LogP contribution in [0.5, 0.6) is 0 Å². The molecule has 0 saturated carbocycles. The minimum atomic E-state index is -1.05. The number of carboxylic acid groups (broad SMARTS) is 3. The van der Waals surface area contributed by atoms with Gasteiger partial charge in [0.1, 0.15) is 11.8 Å². The number of unbranched alkanes of at least 4 members (excludes halogenated alkanes) is 12. The zero-order valence-electron chi connectivity index (χ0n) is 23.9. The van der Waals surface area contributed by atoms with Gasteiger partial charge in [0.25, 0.3) is 0 Å². The molecule has 0 aromatic carbocycles. The average Bonchev–Trinajstić information content (AvgIpc) is 2.88. The van der Waals surface area contributed by atoms with Crippen LogP contribution >= 0.6 is 0 Å². The number of carbonyl (C=O) groups is 5. The molecule has 10 nitrogen and oxygen atoms in total. The summed E-state index contributed by atoms with van der Waals surface area (Å²) in [6.07, 6.45) is 15.2. The maximum absolute atomic E-state index is 12.3. The van der Waals surface area contributed by atoms with Crippen LogP contribution < -0.4 is 10.6 Å². The zero-order valence-corrected chi connectivity index (χ0v) is 23.9. The summed E-state index contributed by atoms with van der Waals surface area (Å²) in [6.45, 7) is 0.405. The highest BCUT2D eigenvalue weighted by atomic mass is 16.4. The molecule has 0 spiro atoms. The van der Waals surface area contributed by atoms with Gasteiger partial charge in [0.05, 0.1) is 5.92 Å². The van der Waals surface area contributed by atoms with Crippen molar-refractivity contribution in [2.24, 2.45) is 5.92 Å². The molecule has 0 heterocycles. The number of aliphatic carboxylic acids is 3. The van der Waals surface area contributed by atoms with Gasteiger partial charge in [-0.25, -0.2) is 0 Å². The van der Waals surface area contributed by atoms with Crippen LogP contribution in [0.1, 0.15) is 128 Å². The highest BCUT2D eigenvalue weighted by molar-refractivity contribution is 5.84. The van der Waals surface area contributed by atoms with Crippen LogP contribution in [0.25, 0.3) is 0 Å².